The van der Waals surface area contributed by atoms with Gasteiger partial charge in [0.25, 0.3) is 0 Å². The third-order valence-corrected chi connectivity index (χ3v) is 3.22. The highest BCUT2D eigenvalue weighted by atomic mass is 16.2. The van der Waals surface area contributed by atoms with Crippen LogP contribution in [0.4, 0.5) is 0 Å². The second kappa shape index (κ2) is 5.30. The van der Waals surface area contributed by atoms with Crippen molar-refractivity contribution >= 4 is 11.8 Å². The first-order chi connectivity index (χ1) is 7.75. The first-order valence-corrected chi connectivity index (χ1v) is 6.03. The fraction of sp³-hybridized carbons (Fsp3) is 0.818. The maximum Gasteiger partial charge on any atom is 0.239 e. The standard InChI is InChI=1S/C11H19N3O2/c15-10-8-14(6-5-13-10)11(16)7-9-3-1-2-4-12-9/h9,12H,1-8H2,(H,13,15). The average Bonchev–Trinajstić information content (AvgIpc) is 2.30. The van der Waals surface area contributed by atoms with E-state index in [2.05, 4.69) is 10.6 Å². The molecule has 90 valence electrons. The predicted octanol–water partition coefficient (Wildman–Crippen LogP) is -0.523. The number of amides is 2. The molecule has 2 saturated heterocycles. The molecule has 0 aromatic carbocycles. The minimum atomic E-state index is -0.0452. The molecule has 2 aliphatic heterocycles. The van der Waals surface area contributed by atoms with Crippen LogP contribution in [0.5, 0.6) is 0 Å². The molecule has 0 aliphatic carbocycles. The van der Waals surface area contributed by atoms with Crippen molar-refractivity contribution in [1.82, 2.24) is 15.5 Å². The van der Waals surface area contributed by atoms with Crippen LogP contribution in [0, 0.1) is 0 Å². The topological polar surface area (TPSA) is 61.4 Å². The zero-order chi connectivity index (χ0) is 11.4. The summed E-state index contributed by atoms with van der Waals surface area (Å²) in [6.45, 7) is 2.48. The molecule has 2 fully saturated rings. The van der Waals surface area contributed by atoms with Gasteiger partial charge >= 0.3 is 0 Å². The Bertz CT molecular complexity index is 274. The summed E-state index contributed by atoms with van der Waals surface area (Å²) >= 11 is 0. The number of rotatable bonds is 2. The van der Waals surface area contributed by atoms with Crippen LogP contribution in [0.2, 0.25) is 0 Å². The molecular weight excluding hydrogens is 206 g/mol. The minimum Gasteiger partial charge on any atom is -0.353 e. The van der Waals surface area contributed by atoms with E-state index < -0.39 is 0 Å². The number of piperazine rings is 1. The van der Waals surface area contributed by atoms with Gasteiger partial charge in [0.15, 0.2) is 0 Å². The Hall–Kier alpha value is -1.10. The van der Waals surface area contributed by atoms with Crippen molar-refractivity contribution in [2.24, 2.45) is 0 Å². The highest BCUT2D eigenvalue weighted by Gasteiger charge is 2.24. The van der Waals surface area contributed by atoms with Gasteiger partial charge in [0, 0.05) is 25.6 Å². The fourth-order valence-electron chi connectivity index (χ4n) is 2.29. The van der Waals surface area contributed by atoms with Crippen LogP contribution in [0.25, 0.3) is 0 Å². The maximum atomic E-state index is 11.9. The molecule has 16 heavy (non-hydrogen) atoms. The van der Waals surface area contributed by atoms with Crippen LogP contribution in [-0.2, 0) is 9.59 Å². The summed E-state index contributed by atoms with van der Waals surface area (Å²) in [7, 11) is 0. The first kappa shape index (κ1) is 11.4. The normalized spacial score (nSPS) is 26.4. The van der Waals surface area contributed by atoms with Crippen molar-refractivity contribution in [1.29, 1.82) is 0 Å². The molecule has 1 unspecified atom stereocenters. The SMILES string of the molecule is O=C1CN(C(=O)CC2CCCCN2)CCN1. The lowest BCUT2D eigenvalue weighted by atomic mass is 10.0. The van der Waals surface area contributed by atoms with Gasteiger partial charge in [0.2, 0.25) is 11.8 Å². The zero-order valence-electron chi connectivity index (χ0n) is 9.50. The van der Waals surface area contributed by atoms with Gasteiger partial charge in [-0.2, -0.15) is 0 Å². The van der Waals surface area contributed by atoms with Gasteiger partial charge in [-0.15, -0.1) is 0 Å². The lowest BCUT2D eigenvalue weighted by molar-refractivity contribution is -0.138. The Balaban J connectivity index is 1.79. The van der Waals surface area contributed by atoms with Gasteiger partial charge in [0.05, 0.1) is 6.54 Å². The number of nitrogens with one attached hydrogen (secondary N) is 2. The first-order valence-electron chi connectivity index (χ1n) is 6.03. The van der Waals surface area contributed by atoms with Crippen molar-refractivity contribution in [3.63, 3.8) is 0 Å². The summed E-state index contributed by atoms with van der Waals surface area (Å²) in [4.78, 5) is 24.7. The minimum absolute atomic E-state index is 0.0452. The molecule has 0 saturated carbocycles. The molecular formula is C11H19N3O2. The summed E-state index contributed by atoms with van der Waals surface area (Å²) in [5.41, 5.74) is 0. The number of carbonyl (C=O) groups excluding carboxylic acids is 2. The molecule has 0 radical (unpaired) electrons. The van der Waals surface area contributed by atoms with Crippen LogP contribution in [-0.4, -0.2) is 48.9 Å². The number of nitrogens with zero attached hydrogens (tertiary/aromatic N) is 1. The summed E-state index contributed by atoms with van der Waals surface area (Å²) < 4.78 is 0. The van der Waals surface area contributed by atoms with E-state index in [1.165, 1.54) is 12.8 Å². The third kappa shape index (κ3) is 2.95. The third-order valence-electron chi connectivity index (χ3n) is 3.22. The van der Waals surface area contributed by atoms with E-state index in [4.69, 9.17) is 0 Å². The summed E-state index contributed by atoms with van der Waals surface area (Å²) in [5, 5.41) is 6.07. The van der Waals surface area contributed by atoms with Crippen molar-refractivity contribution < 1.29 is 9.59 Å². The Labute approximate surface area is 95.6 Å². The van der Waals surface area contributed by atoms with Crippen molar-refractivity contribution in [2.75, 3.05) is 26.2 Å². The van der Waals surface area contributed by atoms with Crippen LogP contribution in [0.15, 0.2) is 0 Å². The Morgan fingerprint density at radius 2 is 2.25 bits per heavy atom. The number of hydrogen-bond donors (Lipinski definition) is 2. The lowest BCUT2D eigenvalue weighted by Gasteiger charge is -2.29. The van der Waals surface area contributed by atoms with Crippen LogP contribution in [0.1, 0.15) is 25.7 Å². The highest BCUT2D eigenvalue weighted by molar-refractivity contribution is 5.86. The Morgan fingerprint density at radius 3 is 2.94 bits per heavy atom. The van der Waals surface area contributed by atoms with E-state index in [-0.39, 0.29) is 18.4 Å². The molecule has 5 nitrogen and oxygen atoms in total. The zero-order valence-corrected chi connectivity index (χ0v) is 9.50. The fourth-order valence-corrected chi connectivity index (χ4v) is 2.29. The van der Waals surface area contributed by atoms with E-state index in [0.29, 0.717) is 25.6 Å². The molecule has 0 spiro atoms. The van der Waals surface area contributed by atoms with Crippen molar-refractivity contribution in [3.05, 3.63) is 0 Å². The van der Waals surface area contributed by atoms with Crippen LogP contribution in [0.3, 0.4) is 0 Å². The summed E-state index contributed by atoms with van der Waals surface area (Å²) in [5.74, 6) is 0.0606. The van der Waals surface area contributed by atoms with Crippen molar-refractivity contribution in [2.45, 2.75) is 31.7 Å². The van der Waals surface area contributed by atoms with Gasteiger partial charge in [-0.3, -0.25) is 9.59 Å². The average molecular weight is 225 g/mol. The molecule has 0 bridgehead atoms. The summed E-state index contributed by atoms with van der Waals surface area (Å²) in [6.07, 6.45) is 4.02. The summed E-state index contributed by atoms with van der Waals surface area (Å²) in [6, 6.07) is 0.311. The molecule has 2 aliphatic rings. The molecule has 2 heterocycles. The van der Waals surface area contributed by atoms with Gasteiger partial charge in [-0.1, -0.05) is 6.42 Å². The van der Waals surface area contributed by atoms with Gasteiger partial charge < -0.3 is 15.5 Å². The van der Waals surface area contributed by atoms with Crippen molar-refractivity contribution in [3.8, 4) is 0 Å². The molecule has 0 aromatic rings. The number of carbonyl (C=O) groups is 2. The Kier molecular flexibility index (Phi) is 3.77. The molecule has 2 rings (SSSR count). The second-order valence-electron chi connectivity index (χ2n) is 4.52. The number of hydrogen-bond acceptors (Lipinski definition) is 3. The lowest BCUT2D eigenvalue weighted by Crippen LogP contribution is -2.51. The Morgan fingerprint density at radius 1 is 1.38 bits per heavy atom. The largest absolute Gasteiger partial charge is 0.353 e. The van der Waals surface area contributed by atoms with E-state index >= 15 is 0 Å². The highest BCUT2D eigenvalue weighted by Crippen LogP contribution is 2.11. The van der Waals surface area contributed by atoms with Crippen LogP contribution >= 0.6 is 0 Å². The van der Waals surface area contributed by atoms with Gasteiger partial charge in [-0.25, -0.2) is 0 Å². The van der Waals surface area contributed by atoms with E-state index in [1.807, 2.05) is 0 Å². The smallest absolute Gasteiger partial charge is 0.239 e. The van der Waals surface area contributed by atoms with E-state index in [9.17, 15) is 9.59 Å². The molecule has 0 aromatic heterocycles. The molecule has 5 heteroatoms. The maximum absolute atomic E-state index is 11.9. The molecule has 1 atom stereocenters. The van der Waals surface area contributed by atoms with Gasteiger partial charge in [-0.05, 0) is 19.4 Å². The predicted molar refractivity (Wildman–Crippen MR) is 59.8 cm³/mol. The second-order valence-corrected chi connectivity index (χ2v) is 4.52. The quantitative estimate of drug-likeness (QED) is 0.664. The molecule has 2 N–H and O–H groups in total. The molecule has 2 amide bonds. The van der Waals surface area contributed by atoms with Gasteiger partial charge in [0.1, 0.15) is 0 Å². The van der Waals surface area contributed by atoms with E-state index in [1.54, 1.807) is 4.90 Å². The number of piperidine rings is 1. The van der Waals surface area contributed by atoms with Crippen LogP contribution < -0.4 is 10.6 Å². The monoisotopic (exact) mass is 225 g/mol. The van der Waals surface area contributed by atoms with E-state index in [0.717, 1.165) is 13.0 Å².